The van der Waals surface area contributed by atoms with Gasteiger partial charge in [-0.1, -0.05) is 19.1 Å². The van der Waals surface area contributed by atoms with Crippen molar-refractivity contribution in [2.24, 2.45) is 0 Å². The average molecular weight is 272 g/mol. The van der Waals surface area contributed by atoms with Gasteiger partial charge < -0.3 is 5.32 Å². The van der Waals surface area contributed by atoms with Crippen LogP contribution in [-0.2, 0) is 9.84 Å². The van der Waals surface area contributed by atoms with Crippen molar-refractivity contribution in [1.82, 2.24) is 5.32 Å². The standard InChI is InChI=1S/C11H16N2O4S/c1-2-12-8-5-9-18(16,17)11-7-4-3-6-10(11)13(14)15/h3-4,6-7,12H,2,5,8-9H2,1H3. The van der Waals surface area contributed by atoms with Gasteiger partial charge in [-0.15, -0.1) is 0 Å². The molecule has 1 N–H and O–H groups in total. The Morgan fingerprint density at radius 2 is 2.00 bits per heavy atom. The molecule has 0 aromatic heterocycles. The van der Waals surface area contributed by atoms with Gasteiger partial charge in [0.2, 0.25) is 0 Å². The van der Waals surface area contributed by atoms with E-state index in [9.17, 15) is 18.5 Å². The Kier molecular flexibility index (Phi) is 5.24. The minimum Gasteiger partial charge on any atom is -0.317 e. The Morgan fingerprint density at radius 3 is 2.61 bits per heavy atom. The first-order chi connectivity index (χ1) is 8.49. The van der Waals surface area contributed by atoms with Gasteiger partial charge in [0.15, 0.2) is 9.84 Å². The Labute approximate surface area is 106 Å². The molecule has 1 rings (SSSR count). The number of benzene rings is 1. The quantitative estimate of drug-likeness (QED) is 0.460. The fraction of sp³-hybridized carbons (Fsp3) is 0.455. The van der Waals surface area contributed by atoms with Crippen molar-refractivity contribution in [3.05, 3.63) is 34.4 Å². The van der Waals surface area contributed by atoms with E-state index in [2.05, 4.69) is 5.32 Å². The van der Waals surface area contributed by atoms with Gasteiger partial charge in [0.05, 0.1) is 10.7 Å². The Morgan fingerprint density at radius 1 is 1.33 bits per heavy atom. The molecule has 0 aliphatic rings. The fourth-order valence-electron chi connectivity index (χ4n) is 1.54. The summed E-state index contributed by atoms with van der Waals surface area (Å²) >= 11 is 0. The number of nitro benzene ring substituents is 1. The van der Waals surface area contributed by atoms with Gasteiger partial charge in [0, 0.05) is 6.07 Å². The van der Waals surface area contributed by atoms with Crippen LogP contribution in [0.4, 0.5) is 5.69 Å². The van der Waals surface area contributed by atoms with E-state index in [-0.39, 0.29) is 16.3 Å². The molecule has 0 fully saturated rings. The first-order valence-electron chi connectivity index (χ1n) is 5.66. The van der Waals surface area contributed by atoms with Gasteiger partial charge in [-0.3, -0.25) is 10.1 Å². The number of sulfone groups is 1. The van der Waals surface area contributed by atoms with Crippen molar-refractivity contribution in [2.75, 3.05) is 18.8 Å². The molecule has 0 amide bonds. The Bertz CT molecular complexity index is 514. The van der Waals surface area contributed by atoms with E-state index in [1.54, 1.807) is 0 Å². The van der Waals surface area contributed by atoms with E-state index in [1.165, 1.54) is 24.3 Å². The van der Waals surface area contributed by atoms with Crippen molar-refractivity contribution < 1.29 is 13.3 Å². The van der Waals surface area contributed by atoms with E-state index in [4.69, 9.17) is 0 Å². The van der Waals surface area contributed by atoms with Crippen LogP contribution in [0.3, 0.4) is 0 Å². The van der Waals surface area contributed by atoms with Crippen molar-refractivity contribution >= 4 is 15.5 Å². The zero-order valence-corrected chi connectivity index (χ0v) is 10.9. The van der Waals surface area contributed by atoms with Gasteiger partial charge in [0.1, 0.15) is 4.90 Å². The molecule has 0 spiro atoms. The number of hydrogen-bond acceptors (Lipinski definition) is 5. The highest BCUT2D eigenvalue weighted by atomic mass is 32.2. The molecule has 7 heteroatoms. The minimum absolute atomic E-state index is 0.0924. The molecular weight excluding hydrogens is 256 g/mol. The summed E-state index contributed by atoms with van der Waals surface area (Å²) < 4.78 is 24.0. The van der Waals surface area contributed by atoms with Crippen LogP contribution in [0.25, 0.3) is 0 Å². The predicted octanol–water partition coefficient (Wildman–Crippen LogP) is 1.37. The lowest BCUT2D eigenvalue weighted by Crippen LogP contribution is -2.18. The van der Waals surface area contributed by atoms with Gasteiger partial charge in [-0.2, -0.15) is 0 Å². The third kappa shape index (κ3) is 3.78. The lowest BCUT2D eigenvalue weighted by atomic mass is 10.3. The van der Waals surface area contributed by atoms with Crippen molar-refractivity contribution in [1.29, 1.82) is 0 Å². The molecule has 0 atom stereocenters. The molecule has 1 aromatic carbocycles. The van der Waals surface area contributed by atoms with Crippen LogP contribution in [0.1, 0.15) is 13.3 Å². The zero-order chi connectivity index (χ0) is 13.6. The molecule has 1 aromatic rings. The fourth-order valence-corrected chi connectivity index (χ4v) is 3.04. The Hall–Kier alpha value is -1.47. The summed E-state index contributed by atoms with van der Waals surface area (Å²) in [5.41, 5.74) is -0.360. The molecule has 18 heavy (non-hydrogen) atoms. The second kappa shape index (κ2) is 6.46. The lowest BCUT2D eigenvalue weighted by Gasteiger charge is -2.05. The Balaban J connectivity index is 2.88. The predicted molar refractivity (Wildman–Crippen MR) is 68.3 cm³/mol. The maximum absolute atomic E-state index is 12.0. The molecule has 6 nitrogen and oxygen atoms in total. The first-order valence-corrected chi connectivity index (χ1v) is 7.31. The van der Waals surface area contributed by atoms with Crippen LogP contribution in [0.2, 0.25) is 0 Å². The highest BCUT2D eigenvalue weighted by Gasteiger charge is 2.24. The first kappa shape index (κ1) is 14.6. The number of rotatable bonds is 7. The number of para-hydroxylation sites is 1. The van der Waals surface area contributed by atoms with Gasteiger partial charge in [0.25, 0.3) is 5.69 Å². The molecule has 100 valence electrons. The number of nitrogens with one attached hydrogen (secondary N) is 1. The lowest BCUT2D eigenvalue weighted by molar-refractivity contribution is -0.387. The van der Waals surface area contributed by atoms with Crippen LogP contribution in [0, 0.1) is 10.1 Å². The highest BCUT2D eigenvalue weighted by Crippen LogP contribution is 2.24. The molecule has 0 aliphatic carbocycles. The third-order valence-electron chi connectivity index (χ3n) is 2.41. The molecule has 0 saturated carbocycles. The highest BCUT2D eigenvalue weighted by molar-refractivity contribution is 7.91. The summed E-state index contributed by atoms with van der Waals surface area (Å²) in [6.07, 6.45) is 0.433. The van der Waals surface area contributed by atoms with E-state index < -0.39 is 14.8 Å². The maximum Gasteiger partial charge on any atom is 0.287 e. The number of nitrogens with zero attached hydrogens (tertiary/aromatic N) is 1. The monoisotopic (exact) mass is 272 g/mol. The molecule has 0 unspecified atom stereocenters. The molecular formula is C11H16N2O4S. The summed E-state index contributed by atoms with van der Waals surface area (Å²) in [7, 11) is -3.60. The summed E-state index contributed by atoms with van der Waals surface area (Å²) in [5.74, 6) is -0.0924. The van der Waals surface area contributed by atoms with E-state index in [1.807, 2.05) is 6.92 Å². The number of hydrogen-bond donors (Lipinski definition) is 1. The maximum atomic E-state index is 12.0. The summed E-state index contributed by atoms with van der Waals surface area (Å²) in [5, 5.41) is 13.8. The van der Waals surface area contributed by atoms with Gasteiger partial charge >= 0.3 is 0 Å². The molecule has 0 bridgehead atoms. The molecule has 0 aliphatic heterocycles. The van der Waals surface area contributed by atoms with Crippen LogP contribution >= 0.6 is 0 Å². The van der Waals surface area contributed by atoms with Crippen molar-refractivity contribution in [3.63, 3.8) is 0 Å². The average Bonchev–Trinajstić information content (AvgIpc) is 2.35. The van der Waals surface area contributed by atoms with Crippen LogP contribution in [0.15, 0.2) is 29.2 Å². The van der Waals surface area contributed by atoms with Gasteiger partial charge in [-0.05, 0) is 25.6 Å². The second-order valence-electron chi connectivity index (χ2n) is 3.75. The largest absolute Gasteiger partial charge is 0.317 e. The van der Waals surface area contributed by atoms with E-state index >= 15 is 0 Å². The van der Waals surface area contributed by atoms with Gasteiger partial charge in [-0.25, -0.2) is 8.42 Å². The summed E-state index contributed by atoms with van der Waals surface area (Å²) in [6, 6.07) is 5.43. The van der Waals surface area contributed by atoms with Crippen LogP contribution < -0.4 is 5.32 Å². The summed E-state index contributed by atoms with van der Waals surface area (Å²) in [4.78, 5) is 9.90. The van der Waals surface area contributed by atoms with Crippen molar-refractivity contribution in [2.45, 2.75) is 18.2 Å². The smallest absolute Gasteiger partial charge is 0.287 e. The molecule has 0 saturated heterocycles. The summed E-state index contributed by atoms with van der Waals surface area (Å²) in [6.45, 7) is 3.28. The molecule has 0 heterocycles. The normalized spacial score (nSPS) is 11.4. The zero-order valence-electron chi connectivity index (χ0n) is 10.1. The van der Waals surface area contributed by atoms with E-state index in [0.717, 1.165) is 6.54 Å². The topological polar surface area (TPSA) is 89.3 Å². The van der Waals surface area contributed by atoms with Crippen molar-refractivity contribution in [3.8, 4) is 0 Å². The second-order valence-corrected chi connectivity index (χ2v) is 5.83. The van der Waals surface area contributed by atoms with Crippen LogP contribution in [0.5, 0.6) is 0 Å². The SMILES string of the molecule is CCNCCCS(=O)(=O)c1ccccc1[N+](=O)[O-]. The third-order valence-corrected chi connectivity index (χ3v) is 4.26. The van der Waals surface area contributed by atoms with E-state index in [0.29, 0.717) is 13.0 Å². The number of nitro groups is 1. The minimum atomic E-state index is -3.60. The van der Waals surface area contributed by atoms with Crippen LogP contribution in [-0.4, -0.2) is 32.2 Å². The molecule has 0 radical (unpaired) electrons.